The molecule has 2 heterocycles. The van der Waals surface area contributed by atoms with Gasteiger partial charge in [0.05, 0.1) is 13.2 Å². The van der Waals surface area contributed by atoms with E-state index in [4.69, 9.17) is 4.74 Å². The number of ether oxygens (including phenoxy) is 1. The molecule has 2 aliphatic heterocycles. The van der Waals surface area contributed by atoms with Crippen molar-refractivity contribution in [2.45, 2.75) is 19.4 Å². The molecule has 0 aromatic rings. The second-order valence-corrected chi connectivity index (χ2v) is 4.28. The third-order valence-corrected chi connectivity index (χ3v) is 3.16. The largest absolute Gasteiger partial charge is 0.379 e. The average Bonchev–Trinajstić information content (AvgIpc) is 2.61. The SMILES string of the molecule is CC1COCCN1CC1CCNC1. The van der Waals surface area contributed by atoms with E-state index in [1.807, 2.05) is 0 Å². The van der Waals surface area contributed by atoms with Gasteiger partial charge in [0.15, 0.2) is 0 Å². The monoisotopic (exact) mass is 184 g/mol. The van der Waals surface area contributed by atoms with Gasteiger partial charge in [-0.3, -0.25) is 4.90 Å². The molecule has 2 fully saturated rings. The highest BCUT2D eigenvalue weighted by atomic mass is 16.5. The molecule has 1 N–H and O–H groups in total. The minimum Gasteiger partial charge on any atom is -0.379 e. The van der Waals surface area contributed by atoms with Gasteiger partial charge >= 0.3 is 0 Å². The first-order valence-electron chi connectivity index (χ1n) is 5.39. The molecule has 2 atom stereocenters. The molecule has 13 heavy (non-hydrogen) atoms. The Kier molecular flexibility index (Phi) is 3.19. The van der Waals surface area contributed by atoms with Crippen LogP contribution in [0.4, 0.5) is 0 Å². The zero-order chi connectivity index (χ0) is 9.10. The number of morpholine rings is 1. The third-order valence-electron chi connectivity index (χ3n) is 3.16. The maximum Gasteiger partial charge on any atom is 0.0619 e. The summed E-state index contributed by atoms with van der Waals surface area (Å²) in [6.45, 7) is 8.91. The van der Waals surface area contributed by atoms with Crippen LogP contribution in [0.25, 0.3) is 0 Å². The molecule has 76 valence electrons. The summed E-state index contributed by atoms with van der Waals surface area (Å²) < 4.78 is 5.42. The van der Waals surface area contributed by atoms with E-state index in [1.165, 1.54) is 26.1 Å². The zero-order valence-electron chi connectivity index (χ0n) is 8.46. The first-order valence-corrected chi connectivity index (χ1v) is 5.39. The van der Waals surface area contributed by atoms with Crippen LogP contribution in [0.2, 0.25) is 0 Å². The van der Waals surface area contributed by atoms with E-state index >= 15 is 0 Å². The van der Waals surface area contributed by atoms with Gasteiger partial charge in [-0.2, -0.15) is 0 Å². The maximum absolute atomic E-state index is 5.42. The van der Waals surface area contributed by atoms with E-state index in [9.17, 15) is 0 Å². The van der Waals surface area contributed by atoms with E-state index in [2.05, 4.69) is 17.1 Å². The van der Waals surface area contributed by atoms with E-state index < -0.39 is 0 Å². The van der Waals surface area contributed by atoms with Crippen LogP contribution in [0.15, 0.2) is 0 Å². The van der Waals surface area contributed by atoms with Crippen LogP contribution in [-0.2, 0) is 4.74 Å². The average molecular weight is 184 g/mol. The first kappa shape index (κ1) is 9.44. The van der Waals surface area contributed by atoms with Gasteiger partial charge in [0.2, 0.25) is 0 Å². The van der Waals surface area contributed by atoms with Crippen molar-refractivity contribution in [3.63, 3.8) is 0 Å². The summed E-state index contributed by atoms with van der Waals surface area (Å²) in [6.07, 6.45) is 1.35. The van der Waals surface area contributed by atoms with Crippen molar-refractivity contribution in [3.8, 4) is 0 Å². The molecule has 0 amide bonds. The molecule has 0 bridgehead atoms. The van der Waals surface area contributed by atoms with Crippen LogP contribution in [0.3, 0.4) is 0 Å². The lowest BCUT2D eigenvalue weighted by atomic mass is 10.1. The second-order valence-electron chi connectivity index (χ2n) is 4.28. The fourth-order valence-corrected chi connectivity index (χ4v) is 2.23. The van der Waals surface area contributed by atoms with Gasteiger partial charge in [-0.15, -0.1) is 0 Å². The van der Waals surface area contributed by atoms with Gasteiger partial charge < -0.3 is 10.1 Å². The Balaban J connectivity index is 1.78. The number of nitrogens with zero attached hydrogens (tertiary/aromatic N) is 1. The van der Waals surface area contributed by atoms with E-state index in [0.29, 0.717) is 6.04 Å². The predicted molar refractivity (Wildman–Crippen MR) is 52.8 cm³/mol. The molecule has 2 aliphatic rings. The zero-order valence-corrected chi connectivity index (χ0v) is 8.46. The van der Waals surface area contributed by atoms with Crippen molar-refractivity contribution in [1.29, 1.82) is 0 Å². The highest BCUT2D eigenvalue weighted by Crippen LogP contribution is 2.13. The van der Waals surface area contributed by atoms with Crippen LogP contribution in [0.1, 0.15) is 13.3 Å². The van der Waals surface area contributed by atoms with E-state index in [1.54, 1.807) is 0 Å². The lowest BCUT2D eigenvalue weighted by Gasteiger charge is -2.34. The molecule has 2 saturated heterocycles. The number of nitrogens with one attached hydrogen (secondary N) is 1. The Morgan fingerprint density at radius 1 is 1.54 bits per heavy atom. The second kappa shape index (κ2) is 4.40. The highest BCUT2D eigenvalue weighted by molar-refractivity contribution is 4.78. The van der Waals surface area contributed by atoms with Crippen LogP contribution < -0.4 is 5.32 Å². The van der Waals surface area contributed by atoms with Crippen molar-refractivity contribution < 1.29 is 4.74 Å². The topological polar surface area (TPSA) is 24.5 Å². The van der Waals surface area contributed by atoms with Crippen molar-refractivity contribution in [2.75, 3.05) is 39.4 Å². The minimum atomic E-state index is 0.620. The molecule has 2 unspecified atom stereocenters. The summed E-state index contributed by atoms with van der Waals surface area (Å²) in [6, 6.07) is 0.620. The van der Waals surface area contributed by atoms with Crippen LogP contribution in [0.5, 0.6) is 0 Å². The quantitative estimate of drug-likeness (QED) is 0.669. The molecule has 0 aliphatic carbocycles. The van der Waals surface area contributed by atoms with Crippen molar-refractivity contribution in [3.05, 3.63) is 0 Å². The van der Waals surface area contributed by atoms with Gasteiger partial charge in [-0.05, 0) is 32.4 Å². The summed E-state index contributed by atoms with van der Waals surface area (Å²) in [5, 5.41) is 3.42. The molecular weight excluding hydrogens is 164 g/mol. The summed E-state index contributed by atoms with van der Waals surface area (Å²) in [7, 11) is 0. The maximum atomic E-state index is 5.42. The number of hydrogen-bond donors (Lipinski definition) is 1. The van der Waals surface area contributed by atoms with Crippen molar-refractivity contribution in [1.82, 2.24) is 10.2 Å². The Bertz CT molecular complexity index is 157. The fraction of sp³-hybridized carbons (Fsp3) is 1.00. The molecule has 0 saturated carbocycles. The van der Waals surface area contributed by atoms with Gasteiger partial charge in [0.25, 0.3) is 0 Å². The van der Waals surface area contributed by atoms with E-state index in [-0.39, 0.29) is 0 Å². The number of hydrogen-bond acceptors (Lipinski definition) is 3. The molecule has 0 spiro atoms. The van der Waals surface area contributed by atoms with Crippen LogP contribution in [-0.4, -0.2) is 50.3 Å². The molecule has 0 aromatic heterocycles. The summed E-state index contributed by atoms with van der Waals surface area (Å²) in [5.41, 5.74) is 0. The molecule has 3 heteroatoms. The highest BCUT2D eigenvalue weighted by Gasteiger charge is 2.23. The Morgan fingerprint density at radius 2 is 2.46 bits per heavy atom. The fourth-order valence-electron chi connectivity index (χ4n) is 2.23. The van der Waals surface area contributed by atoms with Crippen molar-refractivity contribution >= 4 is 0 Å². The van der Waals surface area contributed by atoms with Crippen molar-refractivity contribution in [2.24, 2.45) is 5.92 Å². The summed E-state index contributed by atoms with van der Waals surface area (Å²) in [5.74, 6) is 0.876. The van der Waals surface area contributed by atoms with Gasteiger partial charge in [-0.1, -0.05) is 0 Å². The van der Waals surface area contributed by atoms with Gasteiger partial charge in [0, 0.05) is 19.1 Å². The molecule has 0 aromatic carbocycles. The Labute approximate surface area is 80.4 Å². The summed E-state index contributed by atoms with van der Waals surface area (Å²) in [4.78, 5) is 2.57. The van der Waals surface area contributed by atoms with Crippen LogP contribution in [0, 0.1) is 5.92 Å². The van der Waals surface area contributed by atoms with Gasteiger partial charge in [-0.25, -0.2) is 0 Å². The molecule has 3 nitrogen and oxygen atoms in total. The normalized spacial score (nSPS) is 36.7. The standard InChI is InChI=1S/C10H20N2O/c1-9-8-13-5-4-12(9)7-10-2-3-11-6-10/h9-11H,2-8H2,1H3. The molecule has 0 radical (unpaired) electrons. The first-order chi connectivity index (χ1) is 6.36. The van der Waals surface area contributed by atoms with E-state index in [0.717, 1.165) is 25.7 Å². The summed E-state index contributed by atoms with van der Waals surface area (Å²) >= 11 is 0. The minimum absolute atomic E-state index is 0.620. The smallest absolute Gasteiger partial charge is 0.0619 e. The molecule has 2 rings (SSSR count). The number of rotatable bonds is 2. The lowest BCUT2D eigenvalue weighted by molar-refractivity contribution is -0.00608. The lowest BCUT2D eigenvalue weighted by Crippen LogP contribution is -2.46. The van der Waals surface area contributed by atoms with Gasteiger partial charge in [0.1, 0.15) is 0 Å². The van der Waals surface area contributed by atoms with Crippen LogP contribution >= 0.6 is 0 Å². The Morgan fingerprint density at radius 3 is 3.15 bits per heavy atom. The Hall–Kier alpha value is -0.120. The molecular formula is C10H20N2O. The predicted octanol–water partition coefficient (Wildman–Crippen LogP) is 0.317. The third kappa shape index (κ3) is 2.42.